The molecule has 0 heterocycles. The van der Waals surface area contributed by atoms with Crippen molar-refractivity contribution >= 4 is 0 Å². The lowest BCUT2D eigenvalue weighted by Crippen LogP contribution is -2.18. The third kappa shape index (κ3) is 5.55. The summed E-state index contributed by atoms with van der Waals surface area (Å²) in [6, 6.07) is 0. The minimum absolute atomic E-state index is 1.05. The van der Waals surface area contributed by atoms with Crippen LogP contribution in [0.5, 0.6) is 0 Å². The highest BCUT2D eigenvalue weighted by molar-refractivity contribution is 4.71. The maximum Gasteiger partial charge on any atom is -0.00488 e. The van der Waals surface area contributed by atoms with Gasteiger partial charge in [0.25, 0.3) is 0 Å². The van der Waals surface area contributed by atoms with E-state index in [1.807, 2.05) is 0 Å². The van der Waals surface area contributed by atoms with Gasteiger partial charge in [-0.2, -0.15) is 0 Å². The van der Waals surface area contributed by atoms with Crippen molar-refractivity contribution in [2.75, 3.05) is 13.1 Å². The Balaban J connectivity index is 1.94. The molecule has 0 spiro atoms. The first-order valence-corrected chi connectivity index (χ1v) is 7.07. The molecule has 0 saturated heterocycles. The monoisotopic (exact) mass is 211 g/mol. The lowest BCUT2D eigenvalue weighted by molar-refractivity contribution is 0.255. The molecule has 0 aromatic heterocycles. The quantitative estimate of drug-likeness (QED) is 0.628. The van der Waals surface area contributed by atoms with Gasteiger partial charge in [-0.3, -0.25) is 0 Å². The van der Waals surface area contributed by atoms with Gasteiger partial charge in [-0.25, -0.2) is 0 Å². The van der Waals surface area contributed by atoms with Crippen LogP contribution in [0.3, 0.4) is 0 Å². The van der Waals surface area contributed by atoms with Crippen molar-refractivity contribution in [3.05, 3.63) is 0 Å². The second kappa shape index (κ2) is 8.15. The predicted octanol–water partition coefficient (Wildman–Crippen LogP) is 3.98. The molecular formula is C14H29N. The Hall–Kier alpha value is -0.0400. The highest BCUT2D eigenvalue weighted by Gasteiger charge is 2.19. The topological polar surface area (TPSA) is 12.0 Å². The number of rotatable bonds is 7. The van der Waals surface area contributed by atoms with E-state index in [4.69, 9.17) is 0 Å². The third-order valence-electron chi connectivity index (χ3n) is 3.94. The molecule has 0 aliphatic heterocycles. The van der Waals surface area contributed by atoms with Gasteiger partial charge < -0.3 is 5.32 Å². The van der Waals surface area contributed by atoms with Crippen molar-refractivity contribution < 1.29 is 0 Å². The molecule has 0 atom stereocenters. The van der Waals surface area contributed by atoms with Crippen molar-refractivity contribution in [2.45, 2.75) is 65.2 Å². The zero-order chi connectivity index (χ0) is 10.9. The SMILES string of the molecule is CCCNCCCC1CCC(CC)CC1. The molecule has 1 aliphatic rings. The Morgan fingerprint density at radius 1 is 0.933 bits per heavy atom. The minimum Gasteiger partial charge on any atom is -0.317 e. The summed E-state index contributed by atoms with van der Waals surface area (Å²) in [6.45, 7) is 7.02. The average molecular weight is 211 g/mol. The van der Waals surface area contributed by atoms with Crippen LogP contribution in [0.4, 0.5) is 0 Å². The second-order valence-electron chi connectivity index (χ2n) is 5.19. The van der Waals surface area contributed by atoms with E-state index in [-0.39, 0.29) is 0 Å². The summed E-state index contributed by atoms with van der Waals surface area (Å²) in [5.74, 6) is 2.11. The number of nitrogens with one attached hydrogen (secondary N) is 1. The van der Waals surface area contributed by atoms with Crippen LogP contribution < -0.4 is 5.32 Å². The molecule has 1 fully saturated rings. The molecule has 0 radical (unpaired) electrons. The molecule has 1 rings (SSSR count). The van der Waals surface area contributed by atoms with Gasteiger partial charge in [0.1, 0.15) is 0 Å². The van der Waals surface area contributed by atoms with Crippen LogP contribution in [0.1, 0.15) is 65.2 Å². The van der Waals surface area contributed by atoms with Crippen LogP contribution in [0, 0.1) is 11.8 Å². The van der Waals surface area contributed by atoms with Gasteiger partial charge in [0.15, 0.2) is 0 Å². The summed E-state index contributed by atoms with van der Waals surface area (Å²) >= 11 is 0. The van der Waals surface area contributed by atoms with Gasteiger partial charge in [-0.1, -0.05) is 46.0 Å². The Bertz CT molecular complexity index is 136. The Kier molecular flexibility index (Phi) is 7.08. The summed E-state index contributed by atoms with van der Waals surface area (Å²) in [7, 11) is 0. The molecule has 0 aromatic rings. The molecule has 0 bridgehead atoms. The molecule has 1 aliphatic carbocycles. The zero-order valence-electron chi connectivity index (χ0n) is 10.7. The van der Waals surface area contributed by atoms with E-state index >= 15 is 0 Å². The lowest BCUT2D eigenvalue weighted by Gasteiger charge is -2.27. The maximum absolute atomic E-state index is 3.49. The molecule has 90 valence electrons. The van der Waals surface area contributed by atoms with E-state index in [2.05, 4.69) is 19.2 Å². The molecule has 15 heavy (non-hydrogen) atoms. The molecule has 1 heteroatoms. The summed E-state index contributed by atoms with van der Waals surface area (Å²) in [5, 5.41) is 3.49. The van der Waals surface area contributed by atoms with Crippen LogP contribution in [-0.4, -0.2) is 13.1 Å². The highest BCUT2D eigenvalue weighted by atomic mass is 14.8. The lowest BCUT2D eigenvalue weighted by atomic mass is 9.79. The Labute approximate surface area is 96.0 Å². The maximum atomic E-state index is 3.49. The van der Waals surface area contributed by atoms with Crippen LogP contribution in [0.15, 0.2) is 0 Å². The van der Waals surface area contributed by atoms with Crippen LogP contribution in [-0.2, 0) is 0 Å². The van der Waals surface area contributed by atoms with Gasteiger partial charge in [0.2, 0.25) is 0 Å². The Morgan fingerprint density at radius 2 is 1.60 bits per heavy atom. The van der Waals surface area contributed by atoms with Gasteiger partial charge in [0, 0.05) is 0 Å². The largest absolute Gasteiger partial charge is 0.317 e. The van der Waals surface area contributed by atoms with Crippen molar-refractivity contribution in [3.8, 4) is 0 Å². The first-order chi connectivity index (χ1) is 7.36. The van der Waals surface area contributed by atoms with Gasteiger partial charge in [-0.05, 0) is 44.2 Å². The van der Waals surface area contributed by atoms with E-state index in [1.54, 1.807) is 0 Å². The fourth-order valence-corrected chi connectivity index (χ4v) is 2.75. The Morgan fingerprint density at radius 3 is 2.20 bits per heavy atom. The van der Waals surface area contributed by atoms with Gasteiger partial charge in [-0.15, -0.1) is 0 Å². The van der Waals surface area contributed by atoms with Crippen LogP contribution in [0.25, 0.3) is 0 Å². The van der Waals surface area contributed by atoms with Crippen LogP contribution in [0.2, 0.25) is 0 Å². The van der Waals surface area contributed by atoms with Crippen molar-refractivity contribution in [3.63, 3.8) is 0 Å². The van der Waals surface area contributed by atoms with Crippen molar-refractivity contribution in [2.24, 2.45) is 11.8 Å². The van der Waals surface area contributed by atoms with E-state index in [0.717, 1.165) is 11.8 Å². The van der Waals surface area contributed by atoms with Gasteiger partial charge >= 0.3 is 0 Å². The number of hydrogen-bond acceptors (Lipinski definition) is 1. The first-order valence-electron chi connectivity index (χ1n) is 7.07. The predicted molar refractivity (Wildman–Crippen MR) is 68.1 cm³/mol. The smallest absolute Gasteiger partial charge is 0.00488 e. The van der Waals surface area contributed by atoms with Gasteiger partial charge in [0.05, 0.1) is 0 Å². The summed E-state index contributed by atoms with van der Waals surface area (Å²) in [4.78, 5) is 0. The molecule has 1 N–H and O–H groups in total. The summed E-state index contributed by atoms with van der Waals surface area (Å²) < 4.78 is 0. The fourth-order valence-electron chi connectivity index (χ4n) is 2.75. The zero-order valence-corrected chi connectivity index (χ0v) is 10.7. The molecular weight excluding hydrogens is 182 g/mol. The second-order valence-corrected chi connectivity index (χ2v) is 5.19. The van der Waals surface area contributed by atoms with Crippen molar-refractivity contribution in [1.29, 1.82) is 0 Å². The summed E-state index contributed by atoms with van der Waals surface area (Å²) in [5.41, 5.74) is 0. The van der Waals surface area contributed by atoms with Crippen molar-refractivity contribution in [1.82, 2.24) is 5.32 Å². The molecule has 0 amide bonds. The number of hydrogen-bond donors (Lipinski definition) is 1. The normalized spacial score (nSPS) is 26.8. The average Bonchev–Trinajstić information content (AvgIpc) is 2.30. The van der Waals surface area contributed by atoms with E-state index in [0.29, 0.717) is 0 Å². The standard InChI is InChI=1S/C14H29N/c1-3-11-15-12-5-6-14-9-7-13(4-2)8-10-14/h13-15H,3-12H2,1-2H3. The summed E-state index contributed by atoms with van der Waals surface area (Å²) in [6.07, 6.45) is 11.5. The molecule has 0 unspecified atom stereocenters. The molecule has 1 nitrogen and oxygen atoms in total. The fraction of sp³-hybridized carbons (Fsp3) is 1.00. The third-order valence-corrected chi connectivity index (χ3v) is 3.94. The first kappa shape index (κ1) is 13.0. The van der Waals surface area contributed by atoms with E-state index in [9.17, 15) is 0 Å². The van der Waals surface area contributed by atoms with E-state index in [1.165, 1.54) is 64.5 Å². The molecule has 1 saturated carbocycles. The minimum atomic E-state index is 1.05. The molecule has 0 aromatic carbocycles. The highest BCUT2D eigenvalue weighted by Crippen LogP contribution is 2.32. The van der Waals surface area contributed by atoms with Crippen LogP contribution >= 0.6 is 0 Å². The van der Waals surface area contributed by atoms with E-state index < -0.39 is 0 Å².